The largest absolute Gasteiger partial charge is 0.677 e. The van der Waals surface area contributed by atoms with Gasteiger partial charge in [-0.15, -0.1) is 0 Å². The second-order valence-corrected chi connectivity index (χ2v) is 7.75. The maximum Gasteiger partial charge on any atom is 0.677 e. The Hall–Kier alpha value is -2.71. The van der Waals surface area contributed by atoms with E-state index in [0.29, 0.717) is 35.7 Å². The van der Waals surface area contributed by atoms with Crippen LogP contribution >= 0.6 is 0 Å². The first-order valence-electron chi connectivity index (χ1n) is 10.3. The molecule has 1 aromatic carbocycles. The number of aliphatic hydroxyl groups excluding tert-OH is 2. The van der Waals surface area contributed by atoms with Crippen LogP contribution in [0.3, 0.4) is 0 Å². The van der Waals surface area contributed by atoms with Gasteiger partial charge in [0.15, 0.2) is 0 Å². The van der Waals surface area contributed by atoms with Gasteiger partial charge in [0.25, 0.3) is 0 Å². The molecule has 8 heteroatoms. The van der Waals surface area contributed by atoms with Crippen molar-refractivity contribution < 1.29 is 18.8 Å². The number of aromatic nitrogens is 1. The number of hydrogen-bond donors (Lipinski definition) is 2. The number of aryl methyl sites for hydroxylation is 2. The average molecular weight is 427 g/mol. The molecule has 0 atom stereocenters. The Labute approximate surface area is 182 Å². The van der Waals surface area contributed by atoms with Crippen LogP contribution in [0.2, 0.25) is 0 Å². The minimum atomic E-state index is -2.67. The number of aliphatic hydroxyl groups is 2. The Morgan fingerprint density at radius 3 is 2.13 bits per heavy atom. The highest BCUT2D eigenvalue weighted by atomic mass is 19.2. The molecular weight excluding hydrogens is 399 g/mol. The molecule has 0 saturated heterocycles. The van der Waals surface area contributed by atoms with Crippen molar-refractivity contribution in [3.8, 4) is 0 Å². The molecule has 0 unspecified atom stereocenters. The van der Waals surface area contributed by atoms with E-state index in [1.807, 2.05) is 56.0 Å². The lowest BCUT2D eigenvalue weighted by molar-refractivity contribution is 0.281. The van der Waals surface area contributed by atoms with Gasteiger partial charge in [-0.05, 0) is 68.7 Å². The van der Waals surface area contributed by atoms with Crippen molar-refractivity contribution in [2.45, 2.75) is 27.7 Å². The van der Waals surface area contributed by atoms with Gasteiger partial charge in [0.2, 0.25) is 0 Å². The van der Waals surface area contributed by atoms with Gasteiger partial charge < -0.3 is 19.6 Å². The predicted octanol–water partition coefficient (Wildman–Crippen LogP) is 3.85. The molecule has 2 heterocycles. The Bertz CT molecular complexity index is 1030. The second-order valence-electron chi connectivity index (χ2n) is 7.75. The molecule has 31 heavy (non-hydrogen) atoms. The highest BCUT2D eigenvalue weighted by Crippen LogP contribution is 2.37. The molecule has 0 amide bonds. The fraction of sp³-hybridized carbons (Fsp3) is 0.348. The van der Waals surface area contributed by atoms with Gasteiger partial charge >= 0.3 is 7.40 Å². The molecular formula is C23H28BF2N3O2. The van der Waals surface area contributed by atoms with Crippen LogP contribution in [0, 0.1) is 13.8 Å². The van der Waals surface area contributed by atoms with Crippen molar-refractivity contribution >= 4 is 24.4 Å². The van der Waals surface area contributed by atoms with Gasteiger partial charge in [-0.3, -0.25) is 13.6 Å². The zero-order valence-corrected chi connectivity index (χ0v) is 18.4. The van der Waals surface area contributed by atoms with Gasteiger partial charge in [0, 0.05) is 41.4 Å². The van der Waals surface area contributed by atoms with Crippen molar-refractivity contribution in [2.75, 3.05) is 31.2 Å². The smallest absolute Gasteiger partial charge is 0.395 e. The lowest BCUT2D eigenvalue weighted by atomic mass is 9.94. The summed E-state index contributed by atoms with van der Waals surface area (Å²) in [7, 11) is -2.67. The number of aliphatic imine (C=N–C) groups is 1. The Balaban J connectivity index is 2.20. The molecule has 0 radical (unpaired) electrons. The van der Waals surface area contributed by atoms with E-state index in [1.54, 1.807) is 13.0 Å². The van der Waals surface area contributed by atoms with Crippen LogP contribution in [-0.4, -0.2) is 54.1 Å². The van der Waals surface area contributed by atoms with E-state index in [-0.39, 0.29) is 13.2 Å². The highest BCUT2D eigenvalue weighted by Gasteiger charge is 2.29. The third kappa shape index (κ3) is 4.65. The van der Waals surface area contributed by atoms with E-state index < -0.39 is 7.40 Å². The fourth-order valence-electron chi connectivity index (χ4n) is 4.15. The Morgan fingerprint density at radius 1 is 1.03 bits per heavy atom. The van der Waals surface area contributed by atoms with Gasteiger partial charge in [0.05, 0.1) is 18.9 Å². The minimum Gasteiger partial charge on any atom is -0.395 e. The molecule has 2 aromatic rings. The van der Waals surface area contributed by atoms with Crippen LogP contribution in [0.5, 0.6) is 0 Å². The fourth-order valence-corrected chi connectivity index (χ4v) is 4.15. The summed E-state index contributed by atoms with van der Waals surface area (Å²) in [4.78, 5) is 6.53. The number of hydrogen-bond acceptors (Lipinski definition) is 4. The number of rotatable bonds is 8. The normalized spacial score (nSPS) is 15.1. The van der Waals surface area contributed by atoms with E-state index in [9.17, 15) is 18.8 Å². The van der Waals surface area contributed by atoms with Crippen molar-refractivity contribution in [3.05, 3.63) is 70.2 Å². The number of benzene rings is 1. The summed E-state index contributed by atoms with van der Waals surface area (Å²) < 4.78 is 29.1. The molecule has 164 valence electrons. The second kappa shape index (κ2) is 9.62. The molecule has 0 bridgehead atoms. The minimum absolute atomic E-state index is 0.0323. The Morgan fingerprint density at radius 2 is 1.65 bits per heavy atom. The molecule has 3 rings (SSSR count). The van der Waals surface area contributed by atoms with Crippen LogP contribution in [0.15, 0.2) is 52.7 Å². The first-order chi connectivity index (χ1) is 14.8. The van der Waals surface area contributed by atoms with Crippen LogP contribution in [0.1, 0.15) is 36.4 Å². The van der Waals surface area contributed by atoms with E-state index in [1.165, 1.54) is 0 Å². The van der Waals surface area contributed by atoms with Crippen molar-refractivity contribution in [1.82, 2.24) is 4.48 Å². The monoisotopic (exact) mass is 427 g/mol. The summed E-state index contributed by atoms with van der Waals surface area (Å²) in [5.74, 6) is 0. The van der Waals surface area contributed by atoms with Gasteiger partial charge in [-0.25, -0.2) is 0 Å². The predicted molar refractivity (Wildman–Crippen MR) is 123 cm³/mol. The van der Waals surface area contributed by atoms with E-state index in [2.05, 4.69) is 4.99 Å². The summed E-state index contributed by atoms with van der Waals surface area (Å²) in [6, 6.07) is 9.29. The molecule has 0 spiro atoms. The van der Waals surface area contributed by atoms with E-state index in [4.69, 9.17) is 0 Å². The van der Waals surface area contributed by atoms with Gasteiger partial charge in [-0.1, -0.05) is 12.1 Å². The molecule has 0 saturated carbocycles. The van der Waals surface area contributed by atoms with Crippen LogP contribution in [-0.2, 0) is 0 Å². The number of nitrogens with zero attached hydrogens (tertiary/aromatic N) is 3. The van der Waals surface area contributed by atoms with E-state index >= 15 is 0 Å². The number of allylic oxidation sites excluding steroid dienone is 2. The SMILES string of the molecule is CC1=CC(C)=N/C1=C(/c1ccc(N(CCO)CCO)cc1)c1c(C)cc(C)n1B(F)F. The van der Waals surface area contributed by atoms with Crippen molar-refractivity contribution in [1.29, 1.82) is 0 Å². The molecule has 1 aliphatic rings. The van der Waals surface area contributed by atoms with Crippen LogP contribution in [0.4, 0.5) is 14.3 Å². The standard InChI is InChI=1S/C23H28BF2N3O2/c1-15-13-17(3)27-22(15)21(23-16(2)14-18(4)29(23)24(25)26)19-5-7-20(8-6-19)28(9-11-30)10-12-31/h5-8,13-14,30-31H,9-12H2,1-4H3/b22-21-. The molecule has 0 aliphatic carbocycles. The molecule has 0 fully saturated rings. The third-order valence-corrected chi connectivity index (χ3v) is 5.44. The van der Waals surface area contributed by atoms with E-state index in [0.717, 1.165) is 32.6 Å². The topological polar surface area (TPSA) is 61.0 Å². The molecule has 1 aliphatic heterocycles. The van der Waals surface area contributed by atoms with Crippen molar-refractivity contribution in [2.24, 2.45) is 4.99 Å². The summed E-state index contributed by atoms with van der Waals surface area (Å²) in [5.41, 5.74) is 6.46. The summed E-state index contributed by atoms with van der Waals surface area (Å²) in [6.07, 6.45) is 1.95. The molecule has 1 aromatic heterocycles. The summed E-state index contributed by atoms with van der Waals surface area (Å²) >= 11 is 0. The zero-order valence-electron chi connectivity index (χ0n) is 18.4. The van der Waals surface area contributed by atoms with Crippen molar-refractivity contribution in [3.63, 3.8) is 0 Å². The number of halogens is 2. The maximum atomic E-state index is 14.0. The first-order valence-corrected chi connectivity index (χ1v) is 10.3. The highest BCUT2D eigenvalue weighted by molar-refractivity contribution is 6.41. The third-order valence-electron chi connectivity index (χ3n) is 5.44. The van der Waals surface area contributed by atoms with Crippen LogP contribution < -0.4 is 4.90 Å². The lowest BCUT2D eigenvalue weighted by Gasteiger charge is -2.23. The zero-order chi connectivity index (χ0) is 22.7. The Kier molecular flexibility index (Phi) is 7.13. The average Bonchev–Trinajstić information content (AvgIpc) is 3.20. The first kappa shape index (κ1) is 23.0. The van der Waals surface area contributed by atoms with Crippen LogP contribution in [0.25, 0.3) is 5.57 Å². The maximum absolute atomic E-state index is 14.0. The number of anilines is 1. The summed E-state index contributed by atoms with van der Waals surface area (Å²) in [5, 5.41) is 18.6. The van der Waals surface area contributed by atoms with Gasteiger partial charge in [0.1, 0.15) is 0 Å². The molecule has 2 N–H and O–H groups in total. The van der Waals surface area contributed by atoms with Gasteiger partial charge in [-0.2, -0.15) is 0 Å². The lowest BCUT2D eigenvalue weighted by Crippen LogP contribution is -2.29. The molecule has 5 nitrogen and oxygen atoms in total. The summed E-state index contributed by atoms with van der Waals surface area (Å²) in [6.45, 7) is 8.07. The quantitative estimate of drug-likeness (QED) is 0.630.